The van der Waals surface area contributed by atoms with Gasteiger partial charge in [-0.3, -0.25) is 9.13 Å². The lowest BCUT2D eigenvalue weighted by atomic mass is 9.96. The van der Waals surface area contributed by atoms with Crippen LogP contribution in [0.15, 0.2) is 63.3 Å². The lowest BCUT2D eigenvalue weighted by Gasteiger charge is -2.13. The topological polar surface area (TPSA) is 64.1 Å². The number of nitrogens with zero attached hydrogens (tertiary/aromatic N) is 5. The Morgan fingerprint density at radius 3 is 2.43 bits per heavy atom. The molecule has 0 radical (unpaired) electrons. The van der Waals surface area contributed by atoms with Gasteiger partial charge in [0.25, 0.3) is 0 Å². The Hall–Kier alpha value is -3.45. The first-order valence-electron chi connectivity index (χ1n) is 12.0. The third-order valence-electron chi connectivity index (χ3n) is 6.07. The summed E-state index contributed by atoms with van der Waals surface area (Å²) in [7, 11) is 5.87. The van der Waals surface area contributed by atoms with Crippen molar-refractivity contribution in [2.75, 3.05) is 27.2 Å². The van der Waals surface area contributed by atoms with E-state index >= 15 is 0 Å². The van der Waals surface area contributed by atoms with E-state index in [1.165, 1.54) is 0 Å². The highest BCUT2D eigenvalue weighted by atomic mass is 16.5. The van der Waals surface area contributed by atoms with Crippen LogP contribution < -0.4 is 10.4 Å². The van der Waals surface area contributed by atoms with Crippen LogP contribution in [0.4, 0.5) is 5.82 Å². The molecule has 3 rings (SSSR count). The molecule has 0 fully saturated rings. The summed E-state index contributed by atoms with van der Waals surface area (Å²) in [5, 5.41) is 0. The molecule has 0 aliphatic carbocycles. The summed E-state index contributed by atoms with van der Waals surface area (Å²) in [6, 6.07) is 15.9. The summed E-state index contributed by atoms with van der Waals surface area (Å²) >= 11 is 0. The number of amidine groups is 1. The van der Waals surface area contributed by atoms with Crippen LogP contribution >= 0.6 is 0 Å². The quantitative estimate of drug-likeness (QED) is 0.241. The molecule has 186 valence electrons. The van der Waals surface area contributed by atoms with Crippen molar-refractivity contribution in [1.29, 1.82) is 0 Å². The van der Waals surface area contributed by atoms with E-state index in [0.29, 0.717) is 30.7 Å². The van der Waals surface area contributed by atoms with Gasteiger partial charge in [0.15, 0.2) is 11.7 Å². The molecule has 0 aliphatic rings. The molecule has 0 N–H and O–H groups in total. The number of aliphatic imine (C=N–C) groups is 2. The van der Waals surface area contributed by atoms with Gasteiger partial charge in [-0.05, 0) is 63.3 Å². The minimum atomic E-state index is -0.120. The standard InChI is InChI=1S/C28H37N5O2/c1-20(2)24-11-8-9-12-25(24)26(29-4)30-27-21(3)32(7)28(34)33(27)19-22-13-15-23(16-14-22)35-18-10-17-31(5)6/h8-9,11-16,20H,4,10,17-19H2,1-3,5-7H3/b30-26-. The summed E-state index contributed by atoms with van der Waals surface area (Å²) in [5.74, 6) is 2.23. The molecule has 1 heterocycles. The first kappa shape index (κ1) is 26.2. The molecule has 0 bridgehead atoms. The molecule has 7 nitrogen and oxygen atoms in total. The molecule has 3 aromatic rings. The second kappa shape index (κ2) is 11.8. The molecule has 35 heavy (non-hydrogen) atoms. The average Bonchev–Trinajstić information content (AvgIpc) is 3.04. The number of hydrogen-bond acceptors (Lipinski definition) is 4. The normalized spacial score (nSPS) is 11.9. The van der Waals surface area contributed by atoms with Gasteiger partial charge in [-0.15, -0.1) is 0 Å². The molecule has 0 amide bonds. The first-order chi connectivity index (χ1) is 16.7. The highest BCUT2D eigenvalue weighted by Crippen LogP contribution is 2.25. The Morgan fingerprint density at radius 2 is 1.80 bits per heavy atom. The predicted octanol–water partition coefficient (Wildman–Crippen LogP) is 4.78. The Balaban J connectivity index is 1.90. The van der Waals surface area contributed by atoms with E-state index in [1.807, 2.05) is 49.4 Å². The maximum Gasteiger partial charge on any atom is 0.330 e. The van der Waals surface area contributed by atoms with Crippen LogP contribution in [0.2, 0.25) is 0 Å². The van der Waals surface area contributed by atoms with Crippen molar-refractivity contribution >= 4 is 18.4 Å². The molecule has 0 atom stereocenters. The van der Waals surface area contributed by atoms with Gasteiger partial charge in [0.1, 0.15) is 5.75 Å². The molecule has 0 aliphatic heterocycles. The third-order valence-corrected chi connectivity index (χ3v) is 6.07. The number of imidazole rings is 1. The molecule has 7 heteroatoms. The Morgan fingerprint density at radius 1 is 1.11 bits per heavy atom. The van der Waals surface area contributed by atoms with Crippen LogP contribution in [0.25, 0.3) is 0 Å². The SMILES string of the molecule is C=N/C(=N\c1c(C)n(C)c(=O)n1Cc1ccc(OCCCN(C)C)cc1)c1ccccc1C(C)C. The zero-order valence-electron chi connectivity index (χ0n) is 21.8. The van der Waals surface area contributed by atoms with E-state index in [0.717, 1.165) is 41.1 Å². The van der Waals surface area contributed by atoms with Crippen molar-refractivity contribution in [3.8, 4) is 5.75 Å². The highest BCUT2D eigenvalue weighted by molar-refractivity contribution is 6.04. The van der Waals surface area contributed by atoms with Crippen molar-refractivity contribution in [2.24, 2.45) is 17.0 Å². The number of ether oxygens (including phenoxy) is 1. The van der Waals surface area contributed by atoms with Gasteiger partial charge in [-0.1, -0.05) is 50.2 Å². The van der Waals surface area contributed by atoms with Gasteiger partial charge >= 0.3 is 5.69 Å². The molecule has 0 saturated carbocycles. The van der Waals surface area contributed by atoms with Gasteiger partial charge in [-0.2, -0.15) is 0 Å². The van der Waals surface area contributed by atoms with E-state index in [4.69, 9.17) is 9.73 Å². The molecular weight excluding hydrogens is 438 g/mol. The van der Waals surface area contributed by atoms with Gasteiger partial charge in [0.2, 0.25) is 0 Å². The van der Waals surface area contributed by atoms with Crippen molar-refractivity contribution in [3.05, 3.63) is 81.4 Å². The lowest BCUT2D eigenvalue weighted by molar-refractivity contribution is 0.281. The van der Waals surface area contributed by atoms with Gasteiger partial charge in [0.05, 0.1) is 18.8 Å². The highest BCUT2D eigenvalue weighted by Gasteiger charge is 2.17. The Bertz CT molecular complexity index is 1230. The average molecular weight is 476 g/mol. The number of aromatic nitrogens is 2. The van der Waals surface area contributed by atoms with E-state index in [2.05, 4.69) is 50.6 Å². The minimum absolute atomic E-state index is 0.120. The maximum atomic E-state index is 13.1. The fourth-order valence-electron chi connectivity index (χ4n) is 3.97. The second-order valence-corrected chi connectivity index (χ2v) is 9.32. The zero-order valence-corrected chi connectivity index (χ0v) is 21.8. The summed E-state index contributed by atoms with van der Waals surface area (Å²) in [5.41, 5.74) is 3.72. The molecule has 0 unspecified atom stereocenters. The van der Waals surface area contributed by atoms with Crippen LogP contribution in [0, 0.1) is 6.92 Å². The van der Waals surface area contributed by atoms with Gasteiger partial charge in [-0.25, -0.2) is 14.8 Å². The number of hydrogen-bond donors (Lipinski definition) is 0. The van der Waals surface area contributed by atoms with E-state index in [-0.39, 0.29) is 5.69 Å². The van der Waals surface area contributed by atoms with E-state index in [9.17, 15) is 4.79 Å². The van der Waals surface area contributed by atoms with Crippen LogP contribution in [-0.2, 0) is 13.6 Å². The van der Waals surface area contributed by atoms with Gasteiger partial charge < -0.3 is 9.64 Å². The Labute approximate surface area is 208 Å². The van der Waals surface area contributed by atoms with Crippen molar-refractivity contribution < 1.29 is 4.74 Å². The second-order valence-electron chi connectivity index (χ2n) is 9.32. The summed E-state index contributed by atoms with van der Waals surface area (Å²) in [6.07, 6.45) is 0.967. The molecule has 2 aromatic carbocycles. The molecule has 0 saturated heterocycles. The largest absolute Gasteiger partial charge is 0.494 e. The maximum absolute atomic E-state index is 13.1. The zero-order chi connectivity index (χ0) is 25.5. The van der Waals surface area contributed by atoms with E-state index in [1.54, 1.807) is 16.2 Å². The fraction of sp³-hybridized carbons (Fsp3) is 0.393. The Kier molecular flexibility index (Phi) is 8.82. The predicted molar refractivity (Wildman–Crippen MR) is 145 cm³/mol. The molecular formula is C28H37N5O2. The summed E-state index contributed by atoms with van der Waals surface area (Å²) < 4.78 is 9.15. The van der Waals surface area contributed by atoms with Crippen molar-refractivity contribution in [2.45, 2.75) is 39.7 Å². The smallest absolute Gasteiger partial charge is 0.330 e. The third kappa shape index (κ3) is 6.36. The van der Waals surface area contributed by atoms with E-state index < -0.39 is 0 Å². The van der Waals surface area contributed by atoms with Crippen molar-refractivity contribution in [3.63, 3.8) is 0 Å². The summed E-state index contributed by atoms with van der Waals surface area (Å²) in [4.78, 5) is 24.3. The van der Waals surface area contributed by atoms with Gasteiger partial charge in [0, 0.05) is 19.2 Å². The summed E-state index contributed by atoms with van der Waals surface area (Å²) in [6.45, 7) is 12.0. The first-order valence-corrected chi connectivity index (χ1v) is 12.0. The molecule has 1 aromatic heterocycles. The fourth-order valence-corrected chi connectivity index (χ4v) is 3.97. The number of benzene rings is 2. The van der Waals surface area contributed by atoms with Crippen molar-refractivity contribution in [1.82, 2.24) is 14.0 Å². The van der Waals surface area contributed by atoms with Crippen LogP contribution in [0.3, 0.4) is 0 Å². The minimum Gasteiger partial charge on any atom is -0.494 e. The van der Waals surface area contributed by atoms with Crippen LogP contribution in [-0.4, -0.2) is 53.8 Å². The lowest BCUT2D eigenvalue weighted by Crippen LogP contribution is -2.23. The number of rotatable bonds is 10. The monoisotopic (exact) mass is 475 g/mol. The van der Waals surface area contributed by atoms with Crippen LogP contribution in [0.5, 0.6) is 5.75 Å². The molecule has 0 spiro atoms. The van der Waals surface area contributed by atoms with Crippen LogP contribution in [0.1, 0.15) is 48.6 Å².